The Morgan fingerprint density at radius 2 is 1.43 bits per heavy atom. The molecule has 3 N–H and O–H groups in total. The molecule has 0 aromatic heterocycles. The van der Waals surface area contributed by atoms with Gasteiger partial charge in [0.2, 0.25) is 5.91 Å². The summed E-state index contributed by atoms with van der Waals surface area (Å²) >= 11 is 17.3. The Kier molecular flexibility index (Phi) is 11.3. The van der Waals surface area contributed by atoms with Gasteiger partial charge in [-0.05, 0) is 87.7 Å². The van der Waals surface area contributed by atoms with Gasteiger partial charge in [-0.15, -0.1) is 11.8 Å². The summed E-state index contributed by atoms with van der Waals surface area (Å²) in [5.74, 6) is -1.23. The van der Waals surface area contributed by atoms with Crippen LogP contribution in [0.5, 0.6) is 0 Å². The van der Waals surface area contributed by atoms with Gasteiger partial charge in [0.05, 0.1) is 5.69 Å². The molecule has 0 aliphatic heterocycles. The number of anilines is 2. The Labute approximate surface area is 289 Å². The van der Waals surface area contributed by atoms with Crippen molar-refractivity contribution >= 4 is 86.1 Å². The fourth-order valence-corrected chi connectivity index (χ4v) is 6.29. The molecule has 0 fully saturated rings. The highest BCUT2D eigenvalue weighted by molar-refractivity contribution is 9.10. The third-order valence-corrected chi connectivity index (χ3v) is 9.11. The topological polar surface area (TPSA) is 87.3 Å². The van der Waals surface area contributed by atoms with Crippen LogP contribution in [0, 0.1) is 0 Å². The molecule has 0 aliphatic carbocycles. The molecular formula is C36H26BrCl2N3O3S. The molecule has 0 aliphatic rings. The van der Waals surface area contributed by atoms with Crippen LogP contribution >= 0.6 is 50.9 Å². The second-order valence-electron chi connectivity index (χ2n) is 9.90. The van der Waals surface area contributed by atoms with Gasteiger partial charge in [0.15, 0.2) is 0 Å². The number of para-hydroxylation sites is 1. The van der Waals surface area contributed by atoms with Crippen molar-refractivity contribution in [1.29, 1.82) is 0 Å². The summed E-state index contributed by atoms with van der Waals surface area (Å²) in [5.41, 5.74) is 2.80. The maximum atomic E-state index is 13.6. The van der Waals surface area contributed by atoms with E-state index >= 15 is 0 Å². The van der Waals surface area contributed by atoms with Gasteiger partial charge >= 0.3 is 0 Å². The lowest BCUT2D eigenvalue weighted by molar-refractivity contribution is -0.116. The largest absolute Gasteiger partial charge is 0.324 e. The quantitative estimate of drug-likeness (QED) is 0.0987. The van der Waals surface area contributed by atoms with E-state index in [0.29, 0.717) is 32.5 Å². The van der Waals surface area contributed by atoms with Crippen molar-refractivity contribution in [2.24, 2.45) is 0 Å². The summed E-state index contributed by atoms with van der Waals surface area (Å²) in [7, 11) is 0. The highest BCUT2D eigenvalue weighted by Crippen LogP contribution is 2.38. The highest BCUT2D eigenvalue weighted by Gasteiger charge is 2.23. The molecule has 5 aromatic carbocycles. The zero-order valence-electron chi connectivity index (χ0n) is 24.0. The summed E-state index contributed by atoms with van der Waals surface area (Å²) < 4.78 is 0.771. The zero-order chi connectivity index (χ0) is 32.5. The smallest absolute Gasteiger partial charge is 0.272 e. The van der Waals surface area contributed by atoms with E-state index in [2.05, 4.69) is 31.9 Å². The first-order valence-corrected chi connectivity index (χ1v) is 16.4. The van der Waals surface area contributed by atoms with Crippen molar-refractivity contribution in [3.63, 3.8) is 0 Å². The number of nitrogens with one attached hydrogen (secondary N) is 3. The lowest BCUT2D eigenvalue weighted by atomic mass is 10.1. The highest BCUT2D eigenvalue weighted by atomic mass is 79.9. The fraction of sp³-hybridized carbons (Fsp3) is 0.0278. The van der Waals surface area contributed by atoms with E-state index < -0.39 is 17.1 Å². The minimum absolute atomic E-state index is 0.0221. The van der Waals surface area contributed by atoms with E-state index in [1.54, 1.807) is 66.7 Å². The average Bonchev–Trinajstić information content (AvgIpc) is 3.06. The predicted octanol–water partition coefficient (Wildman–Crippen LogP) is 9.64. The Balaban J connectivity index is 1.39. The maximum absolute atomic E-state index is 13.6. The van der Waals surface area contributed by atoms with E-state index in [0.717, 1.165) is 14.9 Å². The van der Waals surface area contributed by atoms with Crippen LogP contribution in [0.25, 0.3) is 6.08 Å². The second kappa shape index (κ2) is 15.8. The van der Waals surface area contributed by atoms with Gasteiger partial charge in [-0.1, -0.05) is 96.0 Å². The molecule has 5 aromatic rings. The molecular weight excluding hydrogens is 705 g/mol. The van der Waals surface area contributed by atoms with E-state index in [-0.39, 0.29) is 11.6 Å². The van der Waals surface area contributed by atoms with Crippen molar-refractivity contribution in [2.75, 3.05) is 10.6 Å². The second-order valence-corrected chi connectivity index (χ2v) is 12.8. The van der Waals surface area contributed by atoms with Gasteiger partial charge in [-0.3, -0.25) is 14.4 Å². The van der Waals surface area contributed by atoms with Crippen LogP contribution < -0.4 is 16.0 Å². The standard InChI is InChI=1S/C36H26BrCl2N3O3S/c37-29-16-7-8-17-31(29)41-36(45)33(23-10-3-1-4-11-23)46-28-15-9-14-27(22-28)40-35(44)32(20-25-18-19-26(38)21-30(25)39)42-34(43)24-12-5-2-6-13-24/h1-22,33H,(H,40,44)(H,41,45)(H,42,43)/b32-20+. The van der Waals surface area contributed by atoms with E-state index in [9.17, 15) is 14.4 Å². The lowest BCUT2D eigenvalue weighted by Gasteiger charge is -2.18. The van der Waals surface area contributed by atoms with Crippen LogP contribution in [0.15, 0.2) is 142 Å². The zero-order valence-corrected chi connectivity index (χ0v) is 28.0. The van der Waals surface area contributed by atoms with Crippen LogP contribution in [-0.4, -0.2) is 17.7 Å². The van der Waals surface area contributed by atoms with Crippen LogP contribution in [-0.2, 0) is 9.59 Å². The van der Waals surface area contributed by atoms with Gasteiger partial charge in [0, 0.05) is 30.7 Å². The molecule has 0 radical (unpaired) electrons. The fourth-order valence-electron chi connectivity index (χ4n) is 4.36. The number of halogens is 3. The Morgan fingerprint density at radius 3 is 2.15 bits per heavy atom. The first kappa shape index (κ1) is 33.0. The SMILES string of the molecule is O=C(Nc1cccc(SC(C(=O)Nc2ccccc2Br)c2ccccc2)c1)/C(=C\c1ccc(Cl)cc1Cl)NC(=O)c1ccccc1. The number of amides is 3. The molecule has 1 unspecified atom stereocenters. The van der Waals surface area contributed by atoms with E-state index in [1.807, 2.05) is 60.7 Å². The van der Waals surface area contributed by atoms with Gasteiger partial charge in [-0.25, -0.2) is 0 Å². The van der Waals surface area contributed by atoms with Gasteiger partial charge in [0.25, 0.3) is 11.8 Å². The Morgan fingerprint density at radius 1 is 0.739 bits per heavy atom. The number of benzene rings is 5. The third-order valence-electron chi connectivity index (χ3n) is 6.61. The van der Waals surface area contributed by atoms with Crippen LogP contribution in [0.3, 0.4) is 0 Å². The number of rotatable bonds is 10. The van der Waals surface area contributed by atoms with Crippen molar-refractivity contribution in [3.8, 4) is 0 Å². The molecule has 1 atom stereocenters. The average molecular weight is 731 g/mol. The number of thioether (sulfide) groups is 1. The molecule has 6 nitrogen and oxygen atoms in total. The van der Waals surface area contributed by atoms with Crippen molar-refractivity contribution < 1.29 is 14.4 Å². The molecule has 0 heterocycles. The van der Waals surface area contributed by atoms with Crippen molar-refractivity contribution in [1.82, 2.24) is 5.32 Å². The number of carbonyl (C=O) groups is 3. The summed E-state index contributed by atoms with van der Waals surface area (Å²) in [5, 5.41) is 8.76. The number of carbonyl (C=O) groups excluding carboxylic acids is 3. The molecule has 230 valence electrons. The molecule has 0 saturated carbocycles. The molecule has 10 heteroatoms. The molecule has 5 rings (SSSR count). The van der Waals surface area contributed by atoms with Crippen molar-refractivity contribution in [3.05, 3.63) is 164 Å². The summed E-state index contributed by atoms with van der Waals surface area (Å²) in [6.45, 7) is 0. The Bertz CT molecular complexity index is 1910. The summed E-state index contributed by atoms with van der Waals surface area (Å²) in [6.07, 6.45) is 1.49. The summed E-state index contributed by atoms with van der Waals surface area (Å²) in [4.78, 5) is 41.0. The monoisotopic (exact) mass is 729 g/mol. The molecule has 0 saturated heterocycles. The van der Waals surface area contributed by atoms with E-state index in [4.69, 9.17) is 23.2 Å². The van der Waals surface area contributed by atoms with Crippen molar-refractivity contribution in [2.45, 2.75) is 10.1 Å². The van der Waals surface area contributed by atoms with Gasteiger partial charge in [0.1, 0.15) is 10.9 Å². The van der Waals surface area contributed by atoms with Gasteiger partial charge < -0.3 is 16.0 Å². The molecule has 46 heavy (non-hydrogen) atoms. The minimum atomic E-state index is -0.591. The first-order chi connectivity index (χ1) is 22.3. The minimum Gasteiger partial charge on any atom is -0.324 e. The van der Waals surface area contributed by atoms with E-state index in [1.165, 1.54) is 17.8 Å². The number of hydrogen-bond donors (Lipinski definition) is 3. The Hall–Kier alpha value is -4.34. The van der Waals surface area contributed by atoms with Crippen LogP contribution in [0.1, 0.15) is 26.7 Å². The lowest BCUT2D eigenvalue weighted by Crippen LogP contribution is -2.30. The molecule has 3 amide bonds. The third kappa shape index (κ3) is 8.89. The first-order valence-electron chi connectivity index (χ1n) is 14.0. The maximum Gasteiger partial charge on any atom is 0.272 e. The van der Waals surface area contributed by atoms with Gasteiger partial charge in [-0.2, -0.15) is 0 Å². The summed E-state index contributed by atoms with van der Waals surface area (Å²) in [6, 6.07) is 37.5. The molecule has 0 bridgehead atoms. The predicted molar refractivity (Wildman–Crippen MR) is 191 cm³/mol. The van der Waals surface area contributed by atoms with Crippen LogP contribution in [0.2, 0.25) is 10.0 Å². The number of hydrogen-bond acceptors (Lipinski definition) is 4. The molecule has 0 spiro atoms. The normalized spacial score (nSPS) is 11.8. The van der Waals surface area contributed by atoms with Crippen LogP contribution in [0.4, 0.5) is 11.4 Å².